The number of aryl methyl sites for hydroxylation is 1. The lowest BCUT2D eigenvalue weighted by atomic mass is 10.00. The summed E-state index contributed by atoms with van der Waals surface area (Å²) in [5.74, 6) is 0.0694. The zero-order chi connectivity index (χ0) is 15.7. The van der Waals surface area contributed by atoms with E-state index in [2.05, 4.69) is 4.98 Å². The predicted molar refractivity (Wildman–Crippen MR) is 84.9 cm³/mol. The van der Waals surface area contributed by atoms with E-state index in [1.54, 1.807) is 30.3 Å². The fourth-order valence-corrected chi connectivity index (χ4v) is 2.56. The van der Waals surface area contributed by atoms with Crippen LogP contribution in [0.25, 0.3) is 22.2 Å². The minimum atomic E-state index is -0.411. The molecule has 110 valence electrons. The number of nitro groups is 1. The van der Waals surface area contributed by atoms with Crippen LogP contribution in [0.15, 0.2) is 48.5 Å². The van der Waals surface area contributed by atoms with Gasteiger partial charge in [-0.1, -0.05) is 31.2 Å². The lowest BCUT2D eigenvalue weighted by Gasteiger charge is -2.10. The summed E-state index contributed by atoms with van der Waals surface area (Å²) in [6.45, 7) is 1.98. The van der Waals surface area contributed by atoms with E-state index in [0.29, 0.717) is 23.2 Å². The van der Waals surface area contributed by atoms with Crippen LogP contribution < -0.4 is 0 Å². The molecule has 0 fully saturated rings. The Morgan fingerprint density at radius 3 is 2.68 bits per heavy atom. The maximum atomic E-state index is 11.3. The number of aromatic hydroxyl groups is 1. The van der Waals surface area contributed by atoms with Gasteiger partial charge in [0.05, 0.1) is 16.2 Å². The highest BCUT2D eigenvalue weighted by Crippen LogP contribution is 2.34. The normalized spacial score (nSPS) is 10.8. The summed E-state index contributed by atoms with van der Waals surface area (Å²) in [7, 11) is 0. The molecule has 5 nitrogen and oxygen atoms in total. The molecule has 0 saturated carbocycles. The molecule has 0 atom stereocenters. The van der Waals surface area contributed by atoms with Crippen molar-refractivity contribution in [2.45, 2.75) is 13.3 Å². The van der Waals surface area contributed by atoms with Crippen molar-refractivity contribution in [3.05, 3.63) is 64.2 Å². The van der Waals surface area contributed by atoms with Crippen molar-refractivity contribution in [3.8, 4) is 17.0 Å². The van der Waals surface area contributed by atoms with Crippen LogP contribution in [0, 0.1) is 10.1 Å². The highest BCUT2D eigenvalue weighted by molar-refractivity contribution is 5.88. The fourth-order valence-electron chi connectivity index (χ4n) is 2.56. The first kappa shape index (κ1) is 14.0. The zero-order valence-corrected chi connectivity index (χ0v) is 12.0. The molecule has 0 saturated heterocycles. The number of phenols is 1. The highest BCUT2D eigenvalue weighted by Gasteiger charge is 2.19. The number of pyridine rings is 1. The Hall–Kier alpha value is -2.95. The van der Waals surface area contributed by atoms with Crippen molar-refractivity contribution in [2.75, 3.05) is 0 Å². The van der Waals surface area contributed by atoms with Crippen molar-refractivity contribution in [2.24, 2.45) is 0 Å². The van der Waals surface area contributed by atoms with Gasteiger partial charge in [-0.05, 0) is 30.2 Å². The van der Waals surface area contributed by atoms with Gasteiger partial charge < -0.3 is 5.11 Å². The van der Waals surface area contributed by atoms with Gasteiger partial charge in [0.2, 0.25) is 0 Å². The average molecular weight is 294 g/mol. The number of fused-ring (bicyclic) bond motifs is 1. The Morgan fingerprint density at radius 1 is 1.18 bits per heavy atom. The van der Waals surface area contributed by atoms with Crippen LogP contribution in [-0.4, -0.2) is 15.0 Å². The first-order valence-electron chi connectivity index (χ1n) is 6.97. The van der Waals surface area contributed by atoms with E-state index in [1.807, 2.05) is 19.1 Å². The lowest BCUT2D eigenvalue weighted by Crippen LogP contribution is -1.97. The summed E-state index contributed by atoms with van der Waals surface area (Å²) in [6.07, 6.45) is 0.694. The standard InChI is InChI=1S/C17H14N2O3/c1-2-11-10-12-6-5-9-15(20)17(12)18-16(11)13-7-3-4-8-14(13)19(21)22/h3-10,20H,2H2,1H3. The van der Waals surface area contributed by atoms with Gasteiger partial charge in [-0.25, -0.2) is 4.98 Å². The van der Waals surface area contributed by atoms with Crippen molar-refractivity contribution in [3.63, 3.8) is 0 Å². The molecule has 3 rings (SSSR count). The van der Waals surface area contributed by atoms with Gasteiger partial charge in [0.25, 0.3) is 5.69 Å². The Kier molecular flexibility index (Phi) is 3.47. The molecule has 0 aliphatic carbocycles. The SMILES string of the molecule is CCc1cc2cccc(O)c2nc1-c1ccccc1[N+](=O)[O-]. The Balaban J connectivity index is 2.35. The van der Waals surface area contributed by atoms with Gasteiger partial charge in [0, 0.05) is 11.5 Å². The summed E-state index contributed by atoms with van der Waals surface area (Å²) in [6, 6.07) is 13.6. The van der Waals surface area contributed by atoms with Crippen molar-refractivity contribution in [1.82, 2.24) is 4.98 Å². The number of nitrogens with zero attached hydrogens (tertiary/aromatic N) is 2. The maximum Gasteiger partial charge on any atom is 0.278 e. The third-order valence-corrected chi connectivity index (χ3v) is 3.64. The molecule has 0 spiro atoms. The minimum absolute atomic E-state index is 0.0134. The predicted octanol–water partition coefficient (Wildman–Crippen LogP) is 4.08. The first-order chi connectivity index (χ1) is 10.6. The highest BCUT2D eigenvalue weighted by atomic mass is 16.6. The van der Waals surface area contributed by atoms with Gasteiger partial charge in [-0.2, -0.15) is 0 Å². The molecule has 1 N–H and O–H groups in total. The summed E-state index contributed by atoms with van der Waals surface area (Å²) < 4.78 is 0. The van der Waals surface area contributed by atoms with Crippen LogP contribution in [0.3, 0.4) is 0 Å². The molecule has 0 amide bonds. The molecule has 0 bridgehead atoms. The molecule has 2 aromatic carbocycles. The van der Waals surface area contributed by atoms with E-state index >= 15 is 0 Å². The molecule has 0 unspecified atom stereocenters. The van der Waals surface area contributed by atoms with Crippen LogP contribution >= 0.6 is 0 Å². The van der Waals surface area contributed by atoms with E-state index in [-0.39, 0.29) is 11.4 Å². The monoisotopic (exact) mass is 294 g/mol. The first-order valence-corrected chi connectivity index (χ1v) is 6.97. The topological polar surface area (TPSA) is 76.3 Å². The Morgan fingerprint density at radius 2 is 1.95 bits per heavy atom. The van der Waals surface area contributed by atoms with Crippen LogP contribution in [0.1, 0.15) is 12.5 Å². The van der Waals surface area contributed by atoms with Crippen LogP contribution in [0.4, 0.5) is 5.69 Å². The van der Waals surface area contributed by atoms with E-state index in [4.69, 9.17) is 0 Å². The molecule has 22 heavy (non-hydrogen) atoms. The number of nitro benzene ring substituents is 1. The third kappa shape index (κ3) is 2.26. The lowest BCUT2D eigenvalue weighted by molar-refractivity contribution is -0.384. The Labute approximate surface area is 127 Å². The van der Waals surface area contributed by atoms with E-state index in [9.17, 15) is 15.2 Å². The number of aromatic nitrogens is 1. The molecule has 1 heterocycles. The van der Waals surface area contributed by atoms with Gasteiger partial charge in [-0.3, -0.25) is 10.1 Å². The maximum absolute atomic E-state index is 11.3. The smallest absolute Gasteiger partial charge is 0.278 e. The van der Waals surface area contributed by atoms with Gasteiger partial charge in [0.1, 0.15) is 11.3 Å². The number of para-hydroxylation sites is 2. The second kappa shape index (κ2) is 5.44. The number of phenolic OH excluding ortho intramolecular Hbond substituents is 1. The second-order valence-electron chi connectivity index (χ2n) is 4.97. The van der Waals surface area contributed by atoms with Crippen LogP contribution in [0.2, 0.25) is 0 Å². The number of hydrogen-bond donors (Lipinski definition) is 1. The minimum Gasteiger partial charge on any atom is -0.506 e. The molecule has 0 aliphatic rings. The molecular weight excluding hydrogens is 280 g/mol. The Bertz CT molecular complexity index is 875. The number of benzene rings is 2. The number of rotatable bonds is 3. The van der Waals surface area contributed by atoms with Gasteiger partial charge in [0.15, 0.2) is 0 Å². The fraction of sp³-hybridized carbons (Fsp3) is 0.118. The van der Waals surface area contributed by atoms with E-state index < -0.39 is 4.92 Å². The average Bonchev–Trinajstić information content (AvgIpc) is 2.54. The summed E-state index contributed by atoms with van der Waals surface area (Å²) in [5.41, 5.74) is 2.39. The summed E-state index contributed by atoms with van der Waals surface area (Å²) >= 11 is 0. The van der Waals surface area contributed by atoms with Crippen molar-refractivity contribution >= 4 is 16.6 Å². The van der Waals surface area contributed by atoms with E-state index in [0.717, 1.165) is 10.9 Å². The quantitative estimate of drug-likeness (QED) is 0.583. The summed E-state index contributed by atoms with van der Waals surface area (Å²) in [5, 5.41) is 22.1. The van der Waals surface area contributed by atoms with Crippen LogP contribution in [0.5, 0.6) is 5.75 Å². The van der Waals surface area contributed by atoms with Gasteiger partial charge >= 0.3 is 0 Å². The molecule has 0 radical (unpaired) electrons. The van der Waals surface area contributed by atoms with E-state index in [1.165, 1.54) is 6.07 Å². The zero-order valence-electron chi connectivity index (χ0n) is 12.0. The molecule has 1 aromatic heterocycles. The number of hydrogen-bond acceptors (Lipinski definition) is 4. The molecule has 5 heteroatoms. The van der Waals surface area contributed by atoms with Crippen molar-refractivity contribution < 1.29 is 10.0 Å². The molecule has 0 aliphatic heterocycles. The van der Waals surface area contributed by atoms with Crippen molar-refractivity contribution in [1.29, 1.82) is 0 Å². The molecular formula is C17H14N2O3. The summed E-state index contributed by atoms with van der Waals surface area (Å²) in [4.78, 5) is 15.3. The van der Waals surface area contributed by atoms with Crippen LogP contribution in [-0.2, 0) is 6.42 Å². The largest absolute Gasteiger partial charge is 0.506 e. The van der Waals surface area contributed by atoms with Gasteiger partial charge in [-0.15, -0.1) is 0 Å². The third-order valence-electron chi connectivity index (χ3n) is 3.64. The second-order valence-corrected chi connectivity index (χ2v) is 4.97. The molecule has 3 aromatic rings.